The van der Waals surface area contributed by atoms with Gasteiger partial charge in [-0.15, -0.1) is 0 Å². The Morgan fingerprint density at radius 3 is 2.74 bits per heavy atom. The summed E-state index contributed by atoms with van der Waals surface area (Å²) in [6, 6.07) is 12.9. The van der Waals surface area contributed by atoms with Crippen LogP contribution in [0.4, 0.5) is 4.39 Å². The van der Waals surface area contributed by atoms with Gasteiger partial charge in [-0.25, -0.2) is 4.39 Å². The van der Waals surface area contributed by atoms with E-state index in [1.807, 2.05) is 12.1 Å². The second-order valence-corrected chi connectivity index (χ2v) is 5.79. The number of benzene rings is 2. The van der Waals surface area contributed by atoms with Crippen LogP contribution < -0.4 is 5.32 Å². The van der Waals surface area contributed by atoms with Crippen LogP contribution in [0.2, 0.25) is 5.02 Å². The van der Waals surface area contributed by atoms with Crippen LogP contribution in [-0.4, -0.2) is 0 Å². The highest BCUT2D eigenvalue weighted by molar-refractivity contribution is 9.10. The summed E-state index contributed by atoms with van der Waals surface area (Å²) in [4.78, 5) is 0. The normalized spacial score (nSPS) is 12.4. The number of hydrogen-bond donors (Lipinski definition) is 1. The minimum Gasteiger partial charge on any atom is -0.306 e. The van der Waals surface area contributed by atoms with Crippen LogP contribution in [0.15, 0.2) is 46.9 Å². The van der Waals surface area contributed by atoms with Crippen LogP contribution in [-0.2, 0) is 6.54 Å². The van der Waals surface area contributed by atoms with Crippen molar-refractivity contribution in [1.29, 1.82) is 0 Å². The van der Waals surface area contributed by atoms with E-state index in [4.69, 9.17) is 11.6 Å². The molecule has 1 atom stereocenters. The summed E-state index contributed by atoms with van der Waals surface area (Å²) < 4.78 is 14.3. The van der Waals surface area contributed by atoms with E-state index in [0.29, 0.717) is 11.6 Å². The first kappa shape index (κ1) is 14.5. The lowest BCUT2D eigenvalue weighted by Gasteiger charge is -2.15. The fraction of sp³-hybridized carbons (Fsp3) is 0.200. The zero-order valence-corrected chi connectivity index (χ0v) is 12.8. The molecule has 4 heteroatoms. The molecule has 2 aromatic carbocycles. The van der Waals surface area contributed by atoms with E-state index in [9.17, 15) is 4.39 Å². The van der Waals surface area contributed by atoms with Crippen molar-refractivity contribution in [2.75, 3.05) is 0 Å². The molecule has 0 spiro atoms. The predicted molar refractivity (Wildman–Crippen MR) is 80.8 cm³/mol. The van der Waals surface area contributed by atoms with Gasteiger partial charge in [0.1, 0.15) is 5.82 Å². The lowest BCUT2D eigenvalue weighted by molar-refractivity contribution is 0.569. The Labute approximate surface area is 125 Å². The second-order valence-electron chi connectivity index (χ2n) is 4.44. The Hall–Kier alpha value is -0.900. The zero-order valence-electron chi connectivity index (χ0n) is 10.5. The predicted octanol–water partition coefficient (Wildman–Crippen LogP) is 5.09. The van der Waals surface area contributed by atoms with E-state index in [0.717, 1.165) is 10.0 Å². The topological polar surface area (TPSA) is 12.0 Å². The van der Waals surface area contributed by atoms with Gasteiger partial charge in [0.25, 0.3) is 0 Å². The van der Waals surface area contributed by atoms with Gasteiger partial charge in [0.15, 0.2) is 0 Å². The summed E-state index contributed by atoms with van der Waals surface area (Å²) in [6.45, 7) is 2.65. The molecule has 0 aliphatic heterocycles. The van der Waals surface area contributed by atoms with E-state index in [2.05, 4.69) is 40.3 Å². The first-order valence-corrected chi connectivity index (χ1v) is 7.15. The van der Waals surface area contributed by atoms with Gasteiger partial charge in [-0.1, -0.05) is 39.7 Å². The third-order valence-electron chi connectivity index (χ3n) is 2.88. The lowest BCUT2D eigenvalue weighted by Crippen LogP contribution is -2.18. The highest BCUT2D eigenvalue weighted by Crippen LogP contribution is 2.19. The van der Waals surface area contributed by atoms with Crippen molar-refractivity contribution in [1.82, 2.24) is 5.32 Å². The summed E-state index contributed by atoms with van der Waals surface area (Å²) in [7, 11) is 0. The van der Waals surface area contributed by atoms with Gasteiger partial charge in [0.05, 0.1) is 0 Å². The first-order chi connectivity index (χ1) is 9.04. The highest BCUT2D eigenvalue weighted by atomic mass is 79.9. The van der Waals surface area contributed by atoms with Crippen molar-refractivity contribution in [3.05, 3.63) is 68.9 Å². The molecule has 0 unspecified atom stereocenters. The molecule has 0 heterocycles. The van der Waals surface area contributed by atoms with Gasteiger partial charge < -0.3 is 5.32 Å². The van der Waals surface area contributed by atoms with E-state index < -0.39 is 0 Å². The Bertz CT molecular complexity index is 554. The van der Waals surface area contributed by atoms with Crippen molar-refractivity contribution >= 4 is 27.5 Å². The minimum atomic E-state index is -0.306. The summed E-state index contributed by atoms with van der Waals surface area (Å²) in [5.41, 5.74) is 2.02. The fourth-order valence-electron chi connectivity index (χ4n) is 1.88. The Morgan fingerprint density at radius 2 is 2.05 bits per heavy atom. The number of hydrogen-bond acceptors (Lipinski definition) is 1. The maximum atomic E-state index is 13.2. The van der Waals surface area contributed by atoms with Crippen LogP contribution in [0.5, 0.6) is 0 Å². The number of halogens is 3. The van der Waals surface area contributed by atoms with Crippen LogP contribution >= 0.6 is 27.5 Å². The average molecular weight is 343 g/mol. The molecular weight excluding hydrogens is 329 g/mol. The third-order valence-corrected chi connectivity index (χ3v) is 3.59. The standard InChI is InChI=1S/C15H14BrClFN/c1-10(12-3-2-4-13(16)7-12)19-9-11-5-14(17)8-15(18)6-11/h2-8,10,19H,9H2,1H3/t10-/m0/s1. The lowest BCUT2D eigenvalue weighted by atomic mass is 10.1. The van der Waals surface area contributed by atoms with Crippen molar-refractivity contribution in [3.63, 3.8) is 0 Å². The molecule has 2 rings (SSSR count). The Kier molecular flexibility index (Phi) is 4.97. The van der Waals surface area contributed by atoms with Gasteiger partial charge in [-0.2, -0.15) is 0 Å². The quantitative estimate of drug-likeness (QED) is 0.816. The maximum absolute atomic E-state index is 13.2. The summed E-state index contributed by atoms with van der Waals surface area (Å²) in [5, 5.41) is 3.77. The molecule has 0 saturated heterocycles. The largest absolute Gasteiger partial charge is 0.306 e. The molecule has 0 bridgehead atoms. The molecule has 0 aromatic heterocycles. The summed E-state index contributed by atoms with van der Waals surface area (Å²) in [5.74, 6) is -0.306. The fourth-order valence-corrected chi connectivity index (χ4v) is 2.54. The molecule has 1 N–H and O–H groups in total. The molecule has 0 aliphatic rings. The van der Waals surface area contributed by atoms with Crippen LogP contribution in [0.25, 0.3) is 0 Å². The van der Waals surface area contributed by atoms with Crippen molar-refractivity contribution in [2.24, 2.45) is 0 Å². The summed E-state index contributed by atoms with van der Waals surface area (Å²) in [6.07, 6.45) is 0. The van der Waals surface area contributed by atoms with Crippen LogP contribution in [0.1, 0.15) is 24.1 Å². The van der Waals surface area contributed by atoms with Gasteiger partial charge >= 0.3 is 0 Å². The van der Waals surface area contributed by atoms with Crippen LogP contribution in [0.3, 0.4) is 0 Å². The monoisotopic (exact) mass is 341 g/mol. The first-order valence-electron chi connectivity index (χ1n) is 5.98. The van der Waals surface area contributed by atoms with E-state index in [-0.39, 0.29) is 11.9 Å². The van der Waals surface area contributed by atoms with E-state index in [1.54, 1.807) is 6.07 Å². The van der Waals surface area contributed by atoms with Gasteiger partial charge in [-0.05, 0) is 48.4 Å². The van der Waals surface area contributed by atoms with E-state index >= 15 is 0 Å². The third kappa shape index (κ3) is 4.30. The number of rotatable bonds is 4. The van der Waals surface area contributed by atoms with Crippen LogP contribution in [0, 0.1) is 5.82 Å². The molecule has 0 amide bonds. The van der Waals surface area contributed by atoms with E-state index in [1.165, 1.54) is 17.7 Å². The molecule has 0 radical (unpaired) electrons. The van der Waals surface area contributed by atoms with Crippen molar-refractivity contribution in [3.8, 4) is 0 Å². The van der Waals surface area contributed by atoms with Crippen molar-refractivity contribution in [2.45, 2.75) is 19.5 Å². The Balaban J connectivity index is 2.02. The molecule has 0 fully saturated rings. The number of nitrogens with one attached hydrogen (secondary N) is 1. The molecule has 2 aromatic rings. The summed E-state index contributed by atoms with van der Waals surface area (Å²) >= 11 is 9.28. The molecule has 0 aliphatic carbocycles. The SMILES string of the molecule is C[C@H](NCc1cc(F)cc(Cl)c1)c1cccc(Br)c1. The second kappa shape index (κ2) is 6.51. The van der Waals surface area contributed by atoms with Gasteiger partial charge in [-0.3, -0.25) is 0 Å². The van der Waals surface area contributed by atoms with Gasteiger partial charge in [0, 0.05) is 22.1 Å². The molecular formula is C15H14BrClFN. The average Bonchev–Trinajstić information content (AvgIpc) is 2.35. The minimum absolute atomic E-state index is 0.180. The highest BCUT2D eigenvalue weighted by Gasteiger charge is 2.06. The molecule has 100 valence electrons. The molecule has 19 heavy (non-hydrogen) atoms. The molecule has 1 nitrogen and oxygen atoms in total. The smallest absolute Gasteiger partial charge is 0.125 e. The molecule has 0 saturated carbocycles. The van der Waals surface area contributed by atoms with Gasteiger partial charge in [0.2, 0.25) is 0 Å². The van der Waals surface area contributed by atoms with Crippen molar-refractivity contribution < 1.29 is 4.39 Å². The Morgan fingerprint density at radius 1 is 1.26 bits per heavy atom. The zero-order chi connectivity index (χ0) is 13.8. The maximum Gasteiger partial charge on any atom is 0.125 e.